The van der Waals surface area contributed by atoms with Crippen LogP contribution in [0.3, 0.4) is 0 Å². The van der Waals surface area contributed by atoms with Crippen LogP contribution in [0.5, 0.6) is 0 Å². The Bertz CT molecular complexity index is 699. The maximum absolute atomic E-state index is 6.14. The molecule has 2 rings (SSSR count). The summed E-state index contributed by atoms with van der Waals surface area (Å²) < 4.78 is 20.9. The van der Waals surface area contributed by atoms with Crippen molar-refractivity contribution in [1.82, 2.24) is 0 Å². The molecule has 1 heterocycles. The summed E-state index contributed by atoms with van der Waals surface area (Å²) in [5, 5.41) is 0. The highest BCUT2D eigenvalue weighted by Gasteiger charge is 2.46. The normalized spacial score (nSPS) is 26.1. The molecule has 0 radical (unpaired) electrons. The van der Waals surface area contributed by atoms with Crippen LogP contribution in [0, 0.1) is 38.4 Å². The SMILES string of the molecule is CO[C@H](C#C/C=C\C#CI)[C@@H]1CCC(C)=C(C2OCC(C)(C)CO2)C1(C)C. The van der Waals surface area contributed by atoms with Gasteiger partial charge in [0.1, 0.15) is 6.10 Å². The first-order valence-electron chi connectivity index (χ1n) is 9.46. The van der Waals surface area contributed by atoms with Crippen molar-refractivity contribution in [2.45, 2.75) is 59.9 Å². The lowest BCUT2D eigenvalue weighted by Crippen LogP contribution is -2.47. The van der Waals surface area contributed by atoms with E-state index in [0.29, 0.717) is 13.2 Å². The molecule has 0 unspecified atom stereocenters. The number of halogens is 1. The summed E-state index contributed by atoms with van der Waals surface area (Å²) in [5.74, 6) is 9.50. The molecule has 27 heavy (non-hydrogen) atoms. The quantitative estimate of drug-likeness (QED) is 0.318. The van der Waals surface area contributed by atoms with Crippen LogP contribution in [0.2, 0.25) is 0 Å². The standard InChI is InChI=1S/C23H31IO3/c1-17-12-13-18(19(25-6)11-9-7-8-10-14-24)23(4,5)20(17)21-26-15-22(2,3)16-27-21/h7-8,18-19,21H,12-13,15-16H2,1-6H3/b8-7-/t18-,19+/m0/s1. The maximum atomic E-state index is 6.14. The van der Waals surface area contributed by atoms with Gasteiger partial charge in [-0.3, -0.25) is 0 Å². The molecule has 1 aliphatic carbocycles. The molecule has 0 bridgehead atoms. The first-order valence-corrected chi connectivity index (χ1v) is 10.5. The monoisotopic (exact) mass is 482 g/mol. The van der Waals surface area contributed by atoms with Crippen molar-refractivity contribution in [3.05, 3.63) is 23.3 Å². The molecule has 0 saturated carbocycles. The van der Waals surface area contributed by atoms with Crippen molar-refractivity contribution in [3.63, 3.8) is 0 Å². The molecular weight excluding hydrogens is 451 g/mol. The van der Waals surface area contributed by atoms with Crippen LogP contribution >= 0.6 is 22.6 Å². The lowest BCUT2D eigenvalue weighted by atomic mass is 9.63. The van der Waals surface area contributed by atoms with Gasteiger partial charge in [0.2, 0.25) is 0 Å². The van der Waals surface area contributed by atoms with E-state index in [0.717, 1.165) is 12.8 Å². The van der Waals surface area contributed by atoms with E-state index in [-0.39, 0.29) is 29.1 Å². The van der Waals surface area contributed by atoms with Gasteiger partial charge in [-0.1, -0.05) is 51.0 Å². The molecule has 0 N–H and O–H groups in total. The van der Waals surface area contributed by atoms with Gasteiger partial charge in [-0.25, -0.2) is 0 Å². The lowest BCUT2D eigenvalue weighted by Gasteiger charge is -2.47. The van der Waals surface area contributed by atoms with Gasteiger partial charge >= 0.3 is 0 Å². The third-order valence-electron chi connectivity index (χ3n) is 5.55. The highest BCUT2D eigenvalue weighted by atomic mass is 127. The minimum atomic E-state index is -0.264. The molecule has 0 aromatic carbocycles. The molecule has 1 aliphatic heterocycles. The third-order valence-corrected chi connectivity index (χ3v) is 5.86. The molecule has 1 saturated heterocycles. The van der Waals surface area contributed by atoms with Crippen LogP contribution < -0.4 is 0 Å². The van der Waals surface area contributed by atoms with Gasteiger partial charge in [0, 0.05) is 41.0 Å². The molecule has 3 nitrogen and oxygen atoms in total. The summed E-state index contributed by atoms with van der Waals surface area (Å²) in [7, 11) is 1.74. The summed E-state index contributed by atoms with van der Waals surface area (Å²) in [4.78, 5) is 0. The first-order chi connectivity index (χ1) is 12.7. The molecule has 0 aromatic heterocycles. The Morgan fingerprint density at radius 2 is 1.78 bits per heavy atom. The molecule has 2 aliphatic rings. The van der Waals surface area contributed by atoms with Crippen molar-refractivity contribution in [2.75, 3.05) is 20.3 Å². The molecule has 4 heteroatoms. The molecule has 1 fully saturated rings. The van der Waals surface area contributed by atoms with E-state index in [1.807, 2.05) is 22.6 Å². The first kappa shape index (κ1) is 22.5. The van der Waals surface area contributed by atoms with Gasteiger partial charge in [-0.2, -0.15) is 0 Å². The van der Waals surface area contributed by atoms with E-state index in [1.165, 1.54) is 11.1 Å². The predicted octanol–water partition coefficient (Wildman–Crippen LogP) is 5.11. The van der Waals surface area contributed by atoms with Crippen molar-refractivity contribution in [3.8, 4) is 21.7 Å². The Balaban J connectivity index is 2.23. The fourth-order valence-corrected chi connectivity index (χ4v) is 4.26. The van der Waals surface area contributed by atoms with Gasteiger partial charge < -0.3 is 14.2 Å². The van der Waals surface area contributed by atoms with Crippen molar-refractivity contribution >= 4 is 22.6 Å². The van der Waals surface area contributed by atoms with E-state index in [4.69, 9.17) is 14.2 Å². The average molecular weight is 482 g/mol. The molecule has 0 aromatic rings. The van der Waals surface area contributed by atoms with Crippen LogP contribution in [-0.4, -0.2) is 32.7 Å². The van der Waals surface area contributed by atoms with E-state index in [2.05, 4.69) is 56.3 Å². The Labute approximate surface area is 178 Å². The van der Waals surface area contributed by atoms with Gasteiger partial charge in [0.25, 0.3) is 0 Å². The van der Waals surface area contributed by atoms with Crippen molar-refractivity contribution < 1.29 is 14.2 Å². The maximum Gasteiger partial charge on any atom is 0.180 e. The van der Waals surface area contributed by atoms with Crippen molar-refractivity contribution in [1.29, 1.82) is 0 Å². The molecule has 0 spiro atoms. The van der Waals surface area contributed by atoms with Crippen LogP contribution in [0.1, 0.15) is 47.5 Å². The second kappa shape index (κ2) is 9.61. The molecule has 2 atom stereocenters. The fraction of sp³-hybridized carbons (Fsp3) is 0.652. The molecular formula is C23H31IO3. The van der Waals surface area contributed by atoms with Gasteiger partial charge in [-0.15, -0.1) is 0 Å². The van der Waals surface area contributed by atoms with E-state index < -0.39 is 0 Å². The zero-order valence-electron chi connectivity index (χ0n) is 17.3. The summed E-state index contributed by atoms with van der Waals surface area (Å²) in [6.45, 7) is 12.5. The van der Waals surface area contributed by atoms with E-state index >= 15 is 0 Å². The Kier molecular flexibility index (Phi) is 8.01. The second-order valence-electron chi connectivity index (χ2n) is 8.70. The summed E-state index contributed by atoms with van der Waals surface area (Å²) >= 11 is 2.01. The summed E-state index contributed by atoms with van der Waals surface area (Å²) in [5.41, 5.74) is 2.59. The number of allylic oxidation sites excluding steroid dienone is 3. The van der Waals surface area contributed by atoms with Gasteiger partial charge in [0.05, 0.1) is 13.2 Å². The topological polar surface area (TPSA) is 27.7 Å². The summed E-state index contributed by atoms with van der Waals surface area (Å²) in [6, 6.07) is 0. The Morgan fingerprint density at radius 1 is 1.15 bits per heavy atom. The van der Waals surface area contributed by atoms with Crippen LogP contribution in [-0.2, 0) is 14.2 Å². The number of hydrogen-bond acceptors (Lipinski definition) is 3. The largest absolute Gasteiger partial charge is 0.368 e. The van der Waals surface area contributed by atoms with E-state index in [9.17, 15) is 0 Å². The fourth-order valence-electron chi connectivity index (χ4n) is 4.08. The smallest absolute Gasteiger partial charge is 0.180 e. The molecule has 148 valence electrons. The predicted molar refractivity (Wildman–Crippen MR) is 118 cm³/mol. The average Bonchev–Trinajstić information content (AvgIpc) is 2.60. The van der Waals surface area contributed by atoms with Gasteiger partial charge in [-0.05, 0) is 46.8 Å². The minimum Gasteiger partial charge on any atom is -0.368 e. The molecule has 0 amide bonds. The number of ether oxygens (including phenoxy) is 3. The number of hydrogen-bond donors (Lipinski definition) is 0. The third kappa shape index (κ3) is 5.61. The number of methoxy groups -OCH3 is 1. The van der Waals surface area contributed by atoms with Crippen LogP contribution in [0.4, 0.5) is 0 Å². The van der Waals surface area contributed by atoms with Gasteiger partial charge in [0.15, 0.2) is 6.29 Å². The van der Waals surface area contributed by atoms with E-state index in [1.54, 1.807) is 19.3 Å². The van der Waals surface area contributed by atoms with Crippen LogP contribution in [0.15, 0.2) is 23.3 Å². The second-order valence-corrected chi connectivity index (χ2v) is 9.24. The van der Waals surface area contributed by atoms with Crippen molar-refractivity contribution in [2.24, 2.45) is 16.7 Å². The zero-order valence-corrected chi connectivity index (χ0v) is 19.5. The Hall–Kier alpha value is -0.790. The Morgan fingerprint density at radius 3 is 2.37 bits per heavy atom. The highest BCUT2D eigenvalue weighted by Crippen LogP contribution is 2.49. The highest BCUT2D eigenvalue weighted by molar-refractivity contribution is 14.1. The zero-order chi connectivity index (χ0) is 20.1. The lowest BCUT2D eigenvalue weighted by molar-refractivity contribution is -0.211. The number of rotatable bonds is 3. The summed E-state index contributed by atoms with van der Waals surface area (Å²) in [6.07, 6.45) is 5.21. The minimum absolute atomic E-state index is 0.0664. The van der Waals surface area contributed by atoms with Crippen LogP contribution in [0.25, 0.3) is 0 Å².